The number of hydrogen-bond donors (Lipinski definition) is 1. The molecule has 1 fully saturated rings. The number of amides is 1. The van der Waals surface area contributed by atoms with E-state index in [4.69, 9.17) is 34.8 Å². The molecule has 5 rings (SSSR count). The summed E-state index contributed by atoms with van der Waals surface area (Å²) in [6.07, 6.45) is 1.82. The zero-order chi connectivity index (χ0) is 25.8. The third-order valence-corrected chi connectivity index (χ3v) is 7.25. The van der Waals surface area contributed by atoms with Crippen LogP contribution in [0.5, 0.6) is 0 Å². The van der Waals surface area contributed by atoms with E-state index in [2.05, 4.69) is 44.7 Å². The lowest BCUT2D eigenvalue weighted by atomic mass is 10.0. The molecule has 4 aromatic rings. The Morgan fingerprint density at radius 1 is 0.865 bits per heavy atom. The van der Waals surface area contributed by atoms with Crippen LogP contribution >= 0.6 is 34.8 Å². The highest BCUT2D eigenvalue weighted by molar-refractivity contribution is 6.36. The second-order valence-corrected chi connectivity index (χ2v) is 10.4. The largest absolute Gasteiger partial charge is 0.352 e. The smallest absolute Gasteiger partial charge is 0.243 e. The van der Waals surface area contributed by atoms with Crippen molar-refractivity contribution in [2.24, 2.45) is 0 Å². The molecular weight excluding hydrogens is 529 g/mol. The standard InChI is InChI=1S/C28H26Cl3N5O/c29-21-8-6-20(7-9-21)27-28(24-11-10-22(30)16-25(24)31)34-36(33-27)18-26(37)32-23-12-14-35(15-13-23)17-19-4-2-1-3-5-19/h1-11,16,23H,12-15,17-18H2,(H,32,37). The molecule has 1 aliphatic heterocycles. The van der Waals surface area contributed by atoms with Crippen LogP contribution < -0.4 is 5.32 Å². The van der Waals surface area contributed by atoms with Gasteiger partial charge in [-0.2, -0.15) is 15.0 Å². The summed E-state index contributed by atoms with van der Waals surface area (Å²) in [5.41, 5.74) is 4.01. The molecule has 1 amide bonds. The van der Waals surface area contributed by atoms with Crippen LogP contribution in [-0.2, 0) is 17.9 Å². The maximum atomic E-state index is 12.9. The van der Waals surface area contributed by atoms with Gasteiger partial charge in [0.05, 0.1) is 5.02 Å². The molecule has 1 saturated heterocycles. The van der Waals surface area contributed by atoms with Gasteiger partial charge in [-0.1, -0.05) is 77.3 Å². The number of hydrogen-bond acceptors (Lipinski definition) is 4. The maximum absolute atomic E-state index is 12.9. The molecule has 0 atom stereocenters. The Bertz CT molecular complexity index is 1370. The fraction of sp³-hybridized carbons (Fsp3) is 0.250. The number of rotatable bonds is 7. The second kappa shape index (κ2) is 11.7. The Hall–Kier alpha value is -2.90. The number of likely N-dealkylation sites (tertiary alicyclic amines) is 1. The maximum Gasteiger partial charge on any atom is 0.243 e. The lowest BCUT2D eigenvalue weighted by Crippen LogP contribution is -2.45. The van der Waals surface area contributed by atoms with Crippen LogP contribution in [0.2, 0.25) is 15.1 Å². The van der Waals surface area contributed by atoms with Gasteiger partial charge in [0.15, 0.2) is 0 Å². The van der Waals surface area contributed by atoms with Gasteiger partial charge in [-0.3, -0.25) is 9.69 Å². The van der Waals surface area contributed by atoms with Gasteiger partial charge in [0.1, 0.15) is 17.9 Å². The first kappa shape index (κ1) is 25.7. The topological polar surface area (TPSA) is 63.1 Å². The molecule has 0 spiro atoms. The summed E-state index contributed by atoms with van der Waals surface area (Å²) in [6, 6.07) is 23.1. The van der Waals surface area contributed by atoms with Crippen molar-refractivity contribution in [3.8, 4) is 22.5 Å². The van der Waals surface area contributed by atoms with E-state index in [0.717, 1.165) is 38.0 Å². The van der Waals surface area contributed by atoms with Crippen LogP contribution in [0.25, 0.3) is 22.5 Å². The van der Waals surface area contributed by atoms with E-state index in [1.54, 1.807) is 24.3 Å². The summed E-state index contributed by atoms with van der Waals surface area (Å²) >= 11 is 18.7. The van der Waals surface area contributed by atoms with Crippen LogP contribution in [-0.4, -0.2) is 44.9 Å². The number of carbonyl (C=O) groups excluding carboxylic acids is 1. The fourth-order valence-electron chi connectivity index (χ4n) is 4.56. The number of aromatic nitrogens is 3. The molecule has 1 aromatic heterocycles. The van der Waals surface area contributed by atoms with Crippen LogP contribution in [0, 0.1) is 0 Å². The third kappa shape index (κ3) is 6.51. The van der Waals surface area contributed by atoms with Crippen molar-refractivity contribution in [3.05, 3.63) is 93.4 Å². The first-order valence-electron chi connectivity index (χ1n) is 12.2. The monoisotopic (exact) mass is 553 g/mol. The Labute approximate surface area is 231 Å². The summed E-state index contributed by atoms with van der Waals surface area (Å²) in [4.78, 5) is 16.8. The number of carbonyl (C=O) groups is 1. The number of piperidine rings is 1. The molecular formula is C28H26Cl3N5O. The van der Waals surface area contributed by atoms with Crippen LogP contribution in [0.1, 0.15) is 18.4 Å². The van der Waals surface area contributed by atoms with E-state index < -0.39 is 0 Å². The number of halogens is 3. The summed E-state index contributed by atoms with van der Waals surface area (Å²) in [7, 11) is 0. The highest BCUT2D eigenvalue weighted by Gasteiger charge is 2.23. The molecule has 0 bridgehead atoms. The van der Waals surface area contributed by atoms with Gasteiger partial charge in [-0.25, -0.2) is 0 Å². The quantitative estimate of drug-likeness (QED) is 0.289. The van der Waals surface area contributed by atoms with E-state index in [0.29, 0.717) is 32.0 Å². The first-order valence-corrected chi connectivity index (χ1v) is 13.3. The highest BCUT2D eigenvalue weighted by atomic mass is 35.5. The van der Waals surface area contributed by atoms with Gasteiger partial charge >= 0.3 is 0 Å². The molecule has 0 unspecified atom stereocenters. The van der Waals surface area contributed by atoms with E-state index in [1.165, 1.54) is 10.4 Å². The minimum absolute atomic E-state index is 0.00995. The average molecular weight is 555 g/mol. The van der Waals surface area contributed by atoms with Crippen molar-refractivity contribution in [1.29, 1.82) is 0 Å². The minimum Gasteiger partial charge on any atom is -0.352 e. The van der Waals surface area contributed by atoms with E-state index in [-0.39, 0.29) is 18.5 Å². The highest BCUT2D eigenvalue weighted by Crippen LogP contribution is 2.35. The molecule has 37 heavy (non-hydrogen) atoms. The minimum atomic E-state index is -0.118. The summed E-state index contributed by atoms with van der Waals surface area (Å²) in [5, 5.41) is 14.1. The number of benzene rings is 3. The summed E-state index contributed by atoms with van der Waals surface area (Å²) < 4.78 is 0. The van der Waals surface area contributed by atoms with Crippen molar-refractivity contribution >= 4 is 40.7 Å². The second-order valence-electron chi connectivity index (χ2n) is 9.16. The summed E-state index contributed by atoms with van der Waals surface area (Å²) in [6.45, 7) is 2.83. The van der Waals surface area contributed by atoms with Gasteiger partial charge in [-0.15, -0.1) is 0 Å². The molecule has 6 nitrogen and oxygen atoms in total. The molecule has 190 valence electrons. The van der Waals surface area contributed by atoms with E-state index in [9.17, 15) is 4.79 Å². The fourth-order valence-corrected chi connectivity index (χ4v) is 5.19. The predicted octanol–water partition coefficient (Wildman–Crippen LogP) is 6.35. The van der Waals surface area contributed by atoms with Gasteiger partial charge in [0, 0.05) is 46.8 Å². The van der Waals surface area contributed by atoms with E-state index in [1.807, 2.05) is 24.3 Å². The molecule has 0 aliphatic carbocycles. The molecule has 2 heterocycles. The molecule has 1 aliphatic rings. The lowest BCUT2D eigenvalue weighted by Gasteiger charge is -2.32. The van der Waals surface area contributed by atoms with Gasteiger partial charge in [0.25, 0.3) is 0 Å². The lowest BCUT2D eigenvalue weighted by molar-refractivity contribution is -0.123. The SMILES string of the molecule is O=C(Cn1nc(-c2ccc(Cl)cc2)c(-c2ccc(Cl)cc2Cl)n1)NC1CCN(Cc2ccccc2)CC1. The van der Waals surface area contributed by atoms with Gasteiger partial charge in [0.2, 0.25) is 5.91 Å². The zero-order valence-electron chi connectivity index (χ0n) is 20.1. The van der Waals surface area contributed by atoms with Crippen molar-refractivity contribution in [2.45, 2.75) is 32.0 Å². The van der Waals surface area contributed by atoms with Crippen molar-refractivity contribution in [2.75, 3.05) is 13.1 Å². The Balaban J connectivity index is 1.27. The van der Waals surface area contributed by atoms with Crippen LogP contribution in [0.15, 0.2) is 72.8 Å². The first-order chi connectivity index (χ1) is 17.9. The summed E-state index contributed by atoms with van der Waals surface area (Å²) in [5.74, 6) is -0.118. The third-order valence-electron chi connectivity index (χ3n) is 6.45. The molecule has 1 N–H and O–H groups in total. The van der Waals surface area contributed by atoms with Crippen molar-refractivity contribution in [3.63, 3.8) is 0 Å². The normalized spacial score (nSPS) is 14.6. The molecule has 0 saturated carbocycles. The van der Waals surface area contributed by atoms with Crippen LogP contribution in [0.3, 0.4) is 0 Å². The zero-order valence-corrected chi connectivity index (χ0v) is 22.3. The van der Waals surface area contributed by atoms with Crippen molar-refractivity contribution in [1.82, 2.24) is 25.2 Å². The molecule has 9 heteroatoms. The molecule has 3 aromatic carbocycles. The van der Waals surface area contributed by atoms with E-state index >= 15 is 0 Å². The number of nitrogens with zero attached hydrogens (tertiary/aromatic N) is 4. The Morgan fingerprint density at radius 2 is 1.54 bits per heavy atom. The van der Waals surface area contributed by atoms with Gasteiger partial charge in [-0.05, 0) is 48.7 Å². The predicted molar refractivity (Wildman–Crippen MR) is 149 cm³/mol. The van der Waals surface area contributed by atoms with Crippen molar-refractivity contribution < 1.29 is 4.79 Å². The average Bonchev–Trinajstić information content (AvgIpc) is 3.29. The Kier molecular flexibility index (Phi) is 8.11. The number of nitrogens with one attached hydrogen (secondary N) is 1. The van der Waals surface area contributed by atoms with Crippen LogP contribution in [0.4, 0.5) is 0 Å². The Morgan fingerprint density at radius 3 is 2.24 bits per heavy atom. The van der Waals surface area contributed by atoms with Gasteiger partial charge < -0.3 is 5.32 Å². The molecule has 0 radical (unpaired) electrons.